The molecule has 4 aromatic carbocycles. The summed E-state index contributed by atoms with van der Waals surface area (Å²) < 4.78 is 23.1. The van der Waals surface area contributed by atoms with Crippen LogP contribution >= 0.6 is 7.92 Å². The number of hydrogen-bond donors (Lipinski definition) is 1. The second kappa shape index (κ2) is 13.7. The molecule has 234 valence electrons. The predicted octanol–water partition coefficient (Wildman–Crippen LogP) is 9.18. The Labute approximate surface area is 270 Å². The Morgan fingerprint density at radius 2 is 1.16 bits per heavy atom. The van der Waals surface area contributed by atoms with E-state index in [1.54, 1.807) is 7.11 Å². The Hall–Kier alpha value is -2.78. The van der Waals surface area contributed by atoms with E-state index in [9.17, 15) is 4.21 Å². The summed E-state index contributed by atoms with van der Waals surface area (Å²) in [5.74, 6) is 0.964. The summed E-state index contributed by atoms with van der Waals surface area (Å²) in [6, 6.07) is 34.7. The molecular formula is C39H50NO2PS. The van der Waals surface area contributed by atoms with Gasteiger partial charge in [0.2, 0.25) is 0 Å². The molecule has 0 amide bonds. The molecule has 5 heteroatoms. The average Bonchev–Trinajstić information content (AvgIpc) is 2.98. The maximum atomic E-state index is 13.8. The van der Waals surface area contributed by atoms with Gasteiger partial charge < -0.3 is 4.74 Å². The highest BCUT2D eigenvalue weighted by Gasteiger charge is 2.31. The molecule has 2 atom stereocenters. The number of nitrogens with one attached hydrogen (secondary N) is 1. The zero-order chi connectivity index (χ0) is 32.3. The van der Waals surface area contributed by atoms with Crippen LogP contribution < -0.4 is 20.1 Å². The lowest BCUT2D eigenvalue weighted by atomic mass is 9.77. The minimum absolute atomic E-state index is 0.114. The van der Waals surface area contributed by atoms with Gasteiger partial charge in [0.05, 0.1) is 22.8 Å². The predicted molar refractivity (Wildman–Crippen MR) is 194 cm³/mol. The van der Waals surface area contributed by atoms with Gasteiger partial charge in [0, 0.05) is 17.2 Å². The minimum atomic E-state index is -1.26. The van der Waals surface area contributed by atoms with Gasteiger partial charge in [-0.3, -0.25) is 0 Å². The van der Waals surface area contributed by atoms with Crippen molar-refractivity contribution in [3.8, 4) is 16.9 Å². The maximum absolute atomic E-state index is 13.8. The van der Waals surface area contributed by atoms with Crippen molar-refractivity contribution in [1.29, 1.82) is 0 Å². The first-order valence-corrected chi connectivity index (χ1v) is 18.2. The topological polar surface area (TPSA) is 38.3 Å². The van der Waals surface area contributed by atoms with E-state index in [-0.39, 0.29) is 16.9 Å². The van der Waals surface area contributed by atoms with E-state index >= 15 is 0 Å². The number of rotatable bonds is 9. The largest absolute Gasteiger partial charge is 0.496 e. The van der Waals surface area contributed by atoms with Gasteiger partial charge in [-0.15, -0.1) is 0 Å². The van der Waals surface area contributed by atoms with E-state index in [0.29, 0.717) is 0 Å². The third kappa shape index (κ3) is 8.08. The monoisotopic (exact) mass is 627 g/mol. The fraction of sp³-hybridized carbons (Fsp3) is 0.385. The first-order chi connectivity index (χ1) is 20.6. The Balaban J connectivity index is 1.95. The average molecular weight is 628 g/mol. The Morgan fingerprint density at radius 1 is 0.705 bits per heavy atom. The second-order valence-electron chi connectivity index (χ2n) is 14.5. The van der Waals surface area contributed by atoms with Crippen LogP contribution in [0.3, 0.4) is 0 Å². The molecular weight excluding hydrogens is 577 g/mol. The van der Waals surface area contributed by atoms with Crippen molar-refractivity contribution in [2.45, 2.75) is 83.9 Å². The molecule has 0 bridgehead atoms. The normalized spacial score (nSPS) is 14.0. The summed E-state index contributed by atoms with van der Waals surface area (Å²) in [4.78, 5) is 0. The summed E-state index contributed by atoms with van der Waals surface area (Å²) in [5, 5.41) is 2.63. The Bertz CT molecular complexity index is 1490. The molecule has 0 aromatic heterocycles. The molecule has 3 nitrogen and oxygen atoms in total. The lowest BCUT2D eigenvalue weighted by molar-refractivity contribution is 0.381. The lowest BCUT2D eigenvalue weighted by Gasteiger charge is -2.32. The fourth-order valence-electron chi connectivity index (χ4n) is 5.45. The lowest BCUT2D eigenvalue weighted by Crippen LogP contribution is -2.37. The summed E-state index contributed by atoms with van der Waals surface area (Å²) >= 11 is 0. The van der Waals surface area contributed by atoms with E-state index in [1.807, 2.05) is 20.8 Å². The standard InChI is InChI=1S/C39H50NO2PS/c1-37(2,3)33-25-28(26-34(36(33)42-10)38(4,5)6)31-23-17-18-24-32(31)35(40-44(41)39(7,8)9)27-43(29-19-13-11-14-20-29)30-21-15-12-16-22-30/h11-26,35,40H,27H2,1-10H3/t35-,44-/m1/s1. The quantitative estimate of drug-likeness (QED) is 0.188. The molecule has 0 unspecified atom stereocenters. The van der Waals surface area contributed by atoms with E-state index in [0.717, 1.165) is 28.6 Å². The van der Waals surface area contributed by atoms with Crippen LogP contribution in [-0.2, 0) is 21.8 Å². The highest BCUT2D eigenvalue weighted by molar-refractivity contribution is 7.84. The molecule has 0 saturated heterocycles. The first kappa shape index (κ1) is 34.1. The fourth-order valence-corrected chi connectivity index (χ4v) is 8.83. The third-order valence-corrected chi connectivity index (χ3v) is 12.0. The Morgan fingerprint density at radius 3 is 1.59 bits per heavy atom. The molecule has 4 aromatic rings. The molecule has 0 spiro atoms. The van der Waals surface area contributed by atoms with Crippen molar-refractivity contribution in [2.75, 3.05) is 13.3 Å². The summed E-state index contributed by atoms with van der Waals surface area (Å²) in [7, 11) is -0.217. The molecule has 0 heterocycles. The number of hydrogen-bond acceptors (Lipinski definition) is 2. The van der Waals surface area contributed by atoms with Gasteiger partial charge in [-0.25, -0.2) is 8.93 Å². The Kier molecular flexibility index (Phi) is 10.6. The van der Waals surface area contributed by atoms with E-state index < -0.39 is 23.7 Å². The van der Waals surface area contributed by atoms with Gasteiger partial charge in [0.15, 0.2) is 0 Å². The van der Waals surface area contributed by atoms with Crippen molar-refractivity contribution in [3.05, 3.63) is 114 Å². The number of methoxy groups -OCH3 is 1. The van der Waals surface area contributed by atoms with Gasteiger partial charge in [-0.1, -0.05) is 126 Å². The van der Waals surface area contributed by atoms with E-state index in [2.05, 4.69) is 143 Å². The first-order valence-electron chi connectivity index (χ1n) is 15.5. The summed E-state index contributed by atoms with van der Waals surface area (Å²) in [6.07, 6.45) is 0.816. The third-order valence-electron chi connectivity index (χ3n) is 7.86. The number of ether oxygens (including phenoxy) is 1. The molecule has 0 aliphatic rings. The molecule has 44 heavy (non-hydrogen) atoms. The van der Waals surface area contributed by atoms with Crippen LogP contribution in [0.2, 0.25) is 0 Å². The molecule has 4 rings (SSSR count). The summed E-state index contributed by atoms with van der Waals surface area (Å²) in [5.41, 5.74) is 5.63. The van der Waals surface area contributed by atoms with E-state index in [4.69, 9.17) is 4.74 Å². The van der Waals surface area contributed by atoms with Crippen molar-refractivity contribution in [1.82, 2.24) is 4.72 Å². The van der Waals surface area contributed by atoms with Crippen molar-refractivity contribution >= 4 is 29.5 Å². The SMILES string of the molecule is COc1c(C(C)(C)C)cc(-c2ccccc2[C@@H](CP(c2ccccc2)c2ccccc2)N[S@](=O)C(C)(C)C)cc1C(C)(C)C. The molecule has 0 fully saturated rings. The van der Waals surface area contributed by atoms with Gasteiger partial charge >= 0.3 is 0 Å². The smallest absolute Gasteiger partial charge is 0.126 e. The zero-order valence-corrected chi connectivity index (χ0v) is 29.9. The maximum Gasteiger partial charge on any atom is 0.126 e. The zero-order valence-electron chi connectivity index (χ0n) is 28.2. The van der Waals surface area contributed by atoms with Crippen LogP contribution in [-0.4, -0.2) is 22.2 Å². The molecule has 0 radical (unpaired) electrons. The van der Waals surface area contributed by atoms with Gasteiger partial charge in [0.1, 0.15) is 5.75 Å². The van der Waals surface area contributed by atoms with Crippen LogP contribution in [0, 0.1) is 0 Å². The van der Waals surface area contributed by atoms with Crippen molar-refractivity contribution < 1.29 is 8.95 Å². The van der Waals surface area contributed by atoms with Crippen molar-refractivity contribution in [2.24, 2.45) is 0 Å². The van der Waals surface area contributed by atoms with Crippen LogP contribution in [0.15, 0.2) is 97.1 Å². The minimum Gasteiger partial charge on any atom is -0.496 e. The van der Waals surface area contributed by atoms with Crippen molar-refractivity contribution in [3.63, 3.8) is 0 Å². The summed E-state index contributed by atoms with van der Waals surface area (Å²) in [6.45, 7) is 19.6. The highest BCUT2D eigenvalue weighted by Crippen LogP contribution is 2.45. The van der Waals surface area contributed by atoms with Crippen LogP contribution in [0.5, 0.6) is 5.75 Å². The van der Waals surface area contributed by atoms with E-state index in [1.165, 1.54) is 21.7 Å². The van der Waals surface area contributed by atoms with Crippen LogP contribution in [0.25, 0.3) is 11.1 Å². The molecule has 0 saturated carbocycles. The second-order valence-corrected chi connectivity index (χ2v) is 18.8. The van der Waals surface area contributed by atoms with Gasteiger partial charge in [-0.2, -0.15) is 0 Å². The van der Waals surface area contributed by atoms with Crippen LogP contribution in [0.4, 0.5) is 0 Å². The van der Waals surface area contributed by atoms with Gasteiger partial charge in [0.25, 0.3) is 0 Å². The van der Waals surface area contributed by atoms with Crippen LogP contribution in [0.1, 0.15) is 85.0 Å². The molecule has 0 aliphatic carbocycles. The molecule has 0 aliphatic heterocycles. The molecule has 1 N–H and O–H groups in total. The number of benzene rings is 4. The highest BCUT2D eigenvalue weighted by atomic mass is 32.2. The van der Waals surface area contributed by atoms with Gasteiger partial charge in [-0.05, 0) is 85.1 Å².